The van der Waals surface area contributed by atoms with Gasteiger partial charge in [-0.1, -0.05) is 50.5 Å². The molecule has 234 valence electrons. The van der Waals surface area contributed by atoms with Gasteiger partial charge in [0.15, 0.2) is 0 Å². The molecule has 0 saturated heterocycles. The molecule has 44 heavy (non-hydrogen) atoms. The molecule has 0 bridgehead atoms. The van der Waals surface area contributed by atoms with E-state index in [0.717, 1.165) is 36.3 Å². The van der Waals surface area contributed by atoms with Crippen molar-refractivity contribution in [3.8, 4) is 22.6 Å². The number of aliphatic carboxylic acids is 1. The molecule has 10 heteroatoms. The number of hydrogen-bond donors (Lipinski definition) is 4. The number of carboxylic acid groups (broad SMARTS) is 1. The minimum Gasteiger partial charge on any atom is -0.481 e. The van der Waals surface area contributed by atoms with Crippen molar-refractivity contribution in [3.05, 3.63) is 72.5 Å². The number of aromatic nitrogens is 4. The van der Waals surface area contributed by atoms with Gasteiger partial charge in [-0.3, -0.25) is 4.79 Å². The van der Waals surface area contributed by atoms with Crippen LogP contribution in [0.1, 0.15) is 76.5 Å². The van der Waals surface area contributed by atoms with Crippen LogP contribution >= 0.6 is 0 Å². The van der Waals surface area contributed by atoms with E-state index in [1.807, 2.05) is 25.1 Å². The molecule has 1 saturated carbocycles. The van der Waals surface area contributed by atoms with E-state index < -0.39 is 24.6 Å². The minimum absolute atomic E-state index is 0.00670. The third kappa shape index (κ3) is 7.98. The first-order valence-electron chi connectivity index (χ1n) is 15.7. The summed E-state index contributed by atoms with van der Waals surface area (Å²) in [7, 11) is 0. The van der Waals surface area contributed by atoms with Crippen molar-refractivity contribution in [2.45, 2.75) is 95.4 Å². The zero-order valence-corrected chi connectivity index (χ0v) is 25.1. The Hall–Kier alpha value is -3.89. The standard InChI is InChI=1S/C34H42FN5O4/c1-22(29(42)20-27(41)21-30(43)44)17-19-40-32(23-12-14-25(35)15-13-23)31(39-33(40)24-8-4-2-5-9-24)28-16-18-36-34(38-28)37-26-10-6-3-7-11-26/h2,4-5,8,12-16,18,22,24,26-27,29,41-42H,3,6-7,9-11,17,19-21H2,1H3,(H,43,44)(H,36,37,38)/t22-,24?,27?,29?/m1/s1. The maximum Gasteiger partial charge on any atom is 0.305 e. The van der Waals surface area contributed by atoms with Crippen LogP contribution in [0.15, 0.2) is 60.8 Å². The van der Waals surface area contributed by atoms with E-state index in [0.29, 0.717) is 36.3 Å². The summed E-state index contributed by atoms with van der Waals surface area (Å²) in [6.45, 7) is 2.39. The molecule has 0 radical (unpaired) electrons. The number of benzene rings is 1. The summed E-state index contributed by atoms with van der Waals surface area (Å²) in [4.78, 5) is 25.6. The molecule has 0 aliphatic heterocycles. The van der Waals surface area contributed by atoms with Crippen LogP contribution in [0.4, 0.5) is 10.3 Å². The Labute approximate surface area is 257 Å². The fourth-order valence-corrected chi connectivity index (χ4v) is 6.14. The summed E-state index contributed by atoms with van der Waals surface area (Å²) in [5.41, 5.74) is 2.94. The zero-order valence-electron chi connectivity index (χ0n) is 25.1. The first-order chi connectivity index (χ1) is 21.3. The Morgan fingerprint density at radius 3 is 2.57 bits per heavy atom. The molecule has 2 aromatic heterocycles. The molecule has 4 N–H and O–H groups in total. The summed E-state index contributed by atoms with van der Waals surface area (Å²) >= 11 is 0. The van der Waals surface area contributed by atoms with Crippen LogP contribution in [0.3, 0.4) is 0 Å². The topological polar surface area (TPSA) is 133 Å². The highest BCUT2D eigenvalue weighted by atomic mass is 19.1. The monoisotopic (exact) mass is 603 g/mol. The SMILES string of the molecule is C[C@H](CCn1c(C2C=CC=CC2)nc(-c2ccnc(NC3CCCCC3)n2)c1-c1ccc(F)cc1)C(O)CC(O)CC(=O)O. The molecular weight excluding hydrogens is 561 g/mol. The highest BCUT2D eigenvalue weighted by Gasteiger charge is 2.27. The summed E-state index contributed by atoms with van der Waals surface area (Å²) in [6.07, 6.45) is 14.7. The number of carbonyl (C=O) groups is 1. The lowest BCUT2D eigenvalue weighted by Gasteiger charge is -2.23. The number of imidazole rings is 1. The Balaban J connectivity index is 1.51. The second kappa shape index (κ2) is 14.7. The molecule has 5 rings (SSSR count). The fraction of sp³-hybridized carbons (Fsp3) is 0.471. The molecule has 2 aliphatic rings. The van der Waals surface area contributed by atoms with Gasteiger partial charge in [0.1, 0.15) is 17.3 Å². The number of hydrogen-bond acceptors (Lipinski definition) is 7. The van der Waals surface area contributed by atoms with E-state index in [-0.39, 0.29) is 24.1 Å². The first kappa shape index (κ1) is 31.5. The molecule has 1 aromatic carbocycles. The predicted molar refractivity (Wildman–Crippen MR) is 167 cm³/mol. The third-order valence-corrected chi connectivity index (χ3v) is 8.65. The van der Waals surface area contributed by atoms with E-state index in [4.69, 9.17) is 15.1 Å². The Morgan fingerprint density at radius 1 is 1.09 bits per heavy atom. The number of aliphatic hydroxyl groups excluding tert-OH is 2. The molecule has 0 amide bonds. The summed E-state index contributed by atoms with van der Waals surface area (Å²) in [5.74, 6) is -0.258. The molecule has 4 atom stereocenters. The van der Waals surface area contributed by atoms with E-state index in [1.54, 1.807) is 18.3 Å². The van der Waals surface area contributed by atoms with E-state index in [1.165, 1.54) is 31.4 Å². The quantitative estimate of drug-likeness (QED) is 0.184. The number of halogens is 1. The number of carboxylic acids is 1. The van der Waals surface area contributed by atoms with Crippen molar-refractivity contribution in [2.24, 2.45) is 5.92 Å². The maximum atomic E-state index is 14.1. The molecular formula is C34H42FN5O4. The van der Waals surface area contributed by atoms with Crippen LogP contribution in [0.25, 0.3) is 22.6 Å². The van der Waals surface area contributed by atoms with Crippen molar-refractivity contribution < 1.29 is 24.5 Å². The largest absolute Gasteiger partial charge is 0.481 e. The Kier molecular flexibility index (Phi) is 10.6. The van der Waals surface area contributed by atoms with Crippen LogP contribution in [-0.4, -0.2) is 59.1 Å². The lowest BCUT2D eigenvalue weighted by Crippen LogP contribution is -2.26. The molecule has 0 spiro atoms. The second-order valence-electron chi connectivity index (χ2n) is 12.0. The number of anilines is 1. The van der Waals surface area contributed by atoms with Gasteiger partial charge in [0.2, 0.25) is 5.95 Å². The van der Waals surface area contributed by atoms with Crippen LogP contribution in [-0.2, 0) is 11.3 Å². The second-order valence-corrected chi connectivity index (χ2v) is 12.0. The smallest absolute Gasteiger partial charge is 0.305 e. The number of allylic oxidation sites excluding steroid dienone is 4. The number of rotatable bonds is 13. The van der Waals surface area contributed by atoms with E-state index in [2.05, 4.69) is 27.0 Å². The number of aliphatic hydroxyl groups is 2. The number of nitrogens with zero attached hydrogens (tertiary/aromatic N) is 4. The van der Waals surface area contributed by atoms with Crippen LogP contribution in [0.2, 0.25) is 0 Å². The average molecular weight is 604 g/mol. The molecule has 3 unspecified atom stereocenters. The van der Waals surface area contributed by atoms with Crippen molar-refractivity contribution in [1.29, 1.82) is 0 Å². The third-order valence-electron chi connectivity index (χ3n) is 8.65. The highest BCUT2D eigenvalue weighted by Crippen LogP contribution is 2.37. The highest BCUT2D eigenvalue weighted by molar-refractivity contribution is 5.78. The molecule has 3 aromatic rings. The van der Waals surface area contributed by atoms with Gasteiger partial charge in [0.05, 0.1) is 30.0 Å². The summed E-state index contributed by atoms with van der Waals surface area (Å²) in [6, 6.07) is 8.55. The molecule has 1 fully saturated rings. The van der Waals surface area contributed by atoms with Gasteiger partial charge in [-0.25, -0.2) is 19.3 Å². The maximum absolute atomic E-state index is 14.1. The van der Waals surface area contributed by atoms with E-state index >= 15 is 0 Å². The Morgan fingerprint density at radius 2 is 1.86 bits per heavy atom. The molecule has 2 heterocycles. The van der Waals surface area contributed by atoms with Crippen molar-refractivity contribution in [2.75, 3.05) is 5.32 Å². The lowest BCUT2D eigenvalue weighted by atomic mass is 9.94. The van der Waals surface area contributed by atoms with Crippen LogP contribution < -0.4 is 5.32 Å². The van der Waals surface area contributed by atoms with Gasteiger partial charge < -0.3 is 25.2 Å². The predicted octanol–water partition coefficient (Wildman–Crippen LogP) is 6.10. The van der Waals surface area contributed by atoms with Gasteiger partial charge in [-0.15, -0.1) is 0 Å². The molecule has 2 aliphatic carbocycles. The average Bonchev–Trinajstić information content (AvgIpc) is 3.40. The normalized spacial score (nSPS) is 19.0. The van der Waals surface area contributed by atoms with Gasteiger partial charge in [0, 0.05) is 36.7 Å². The van der Waals surface area contributed by atoms with Crippen LogP contribution in [0, 0.1) is 11.7 Å². The summed E-state index contributed by atoms with van der Waals surface area (Å²) in [5, 5.41) is 33.4. The van der Waals surface area contributed by atoms with Crippen molar-refractivity contribution >= 4 is 11.9 Å². The van der Waals surface area contributed by atoms with E-state index in [9.17, 15) is 19.4 Å². The summed E-state index contributed by atoms with van der Waals surface area (Å²) < 4.78 is 16.2. The van der Waals surface area contributed by atoms with Crippen molar-refractivity contribution in [3.63, 3.8) is 0 Å². The minimum atomic E-state index is -1.12. The Bertz CT molecular complexity index is 1460. The van der Waals surface area contributed by atoms with Gasteiger partial charge in [-0.2, -0.15) is 0 Å². The van der Waals surface area contributed by atoms with Gasteiger partial charge in [0.25, 0.3) is 0 Å². The van der Waals surface area contributed by atoms with Gasteiger partial charge in [-0.05, 0) is 61.9 Å². The fourth-order valence-electron chi connectivity index (χ4n) is 6.14. The zero-order chi connectivity index (χ0) is 31.1. The first-order valence-corrected chi connectivity index (χ1v) is 15.7. The van der Waals surface area contributed by atoms with Crippen molar-refractivity contribution in [1.82, 2.24) is 19.5 Å². The lowest BCUT2D eigenvalue weighted by molar-refractivity contribution is -0.139. The number of nitrogens with one attached hydrogen (secondary N) is 1. The van der Waals surface area contributed by atoms with Crippen LogP contribution in [0.5, 0.6) is 0 Å². The van der Waals surface area contributed by atoms with Gasteiger partial charge >= 0.3 is 5.97 Å². The molecule has 9 nitrogen and oxygen atoms in total.